The molecule has 1 heterocycles. The highest BCUT2D eigenvalue weighted by Gasteiger charge is 2.41. The molecular formula is C30H32ClF6N3O3. The van der Waals surface area contributed by atoms with Gasteiger partial charge in [0.05, 0.1) is 11.1 Å². The van der Waals surface area contributed by atoms with Crippen molar-refractivity contribution in [3.05, 3.63) is 69.7 Å². The summed E-state index contributed by atoms with van der Waals surface area (Å²) in [7, 11) is 1.35. The van der Waals surface area contributed by atoms with Crippen LogP contribution >= 0.6 is 11.6 Å². The summed E-state index contributed by atoms with van der Waals surface area (Å²) in [5.41, 5.74) is -3.14. The average molecular weight is 632 g/mol. The number of likely N-dealkylation sites (tertiary alicyclic amines) is 1. The predicted molar refractivity (Wildman–Crippen MR) is 147 cm³/mol. The number of nitrogens with one attached hydrogen (secondary N) is 1. The summed E-state index contributed by atoms with van der Waals surface area (Å²) in [6, 6.07) is 6.99. The van der Waals surface area contributed by atoms with Crippen LogP contribution < -0.4 is 5.32 Å². The number of piperidine rings is 1. The Kier molecular flexibility index (Phi) is 9.68. The molecule has 43 heavy (non-hydrogen) atoms. The van der Waals surface area contributed by atoms with E-state index in [0.29, 0.717) is 42.8 Å². The monoisotopic (exact) mass is 631 g/mol. The van der Waals surface area contributed by atoms with Crippen molar-refractivity contribution in [2.45, 2.75) is 69.4 Å². The largest absolute Gasteiger partial charge is 0.416 e. The van der Waals surface area contributed by atoms with Crippen molar-refractivity contribution in [1.29, 1.82) is 0 Å². The van der Waals surface area contributed by atoms with Gasteiger partial charge in [0.1, 0.15) is 0 Å². The predicted octanol–water partition coefficient (Wildman–Crippen LogP) is 6.53. The molecule has 2 unspecified atom stereocenters. The number of nitrogens with zero attached hydrogens (tertiary/aromatic N) is 2. The molecule has 2 aromatic carbocycles. The van der Waals surface area contributed by atoms with E-state index in [1.165, 1.54) is 18.9 Å². The Labute approximate surface area is 250 Å². The van der Waals surface area contributed by atoms with E-state index in [9.17, 15) is 40.7 Å². The first-order chi connectivity index (χ1) is 20.0. The second-order valence-corrected chi connectivity index (χ2v) is 11.7. The van der Waals surface area contributed by atoms with Gasteiger partial charge in [0, 0.05) is 61.6 Å². The van der Waals surface area contributed by atoms with Gasteiger partial charge in [0.25, 0.3) is 5.91 Å². The fourth-order valence-corrected chi connectivity index (χ4v) is 6.23. The highest BCUT2D eigenvalue weighted by molar-refractivity contribution is 6.30. The Balaban J connectivity index is 1.58. The zero-order valence-corrected chi connectivity index (χ0v) is 24.3. The van der Waals surface area contributed by atoms with Crippen molar-refractivity contribution < 1.29 is 40.7 Å². The summed E-state index contributed by atoms with van der Waals surface area (Å²) in [6.07, 6.45) is -7.38. The fraction of sp³-hybridized carbons (Fsp3) is 0.500. The van der Waals surface area contributed by atoms with Crippen LogP contribution in [0.5, 0.6) is 0 Å². The van der Waals surface area contributed by atoms with Gasteiger partial charge in [-0.2, -0.15) is 26.3 Å². The number of likely N-dealkylation sites (N-methyl/N-ethyl adjacent to an activating group) is 1. The topological polar surface area (TPSA) is 69.7 Å². The lowest BCUT2D eigenvalue weighted by Gasteiger charge is -2.44. The van der Waals surface area contributed by atoms with Gasteiger partial charge in [-0.25, -0.2) is 0 Å². The minimum atomic E-state index is -5.09. The number of carbonyl (C=O) groups is 3. The number of alkyl halides is 6. The van der Waals surface area contributed by atoms with Gasteiger partial charge in [0.2, 0.25) is 11.8 Å². The second kappa shape index (κ2) is 12.8. The van der Waals surface area contributed by atoms with Crippen LogP contribution in [0.1, 0.15) is 72.0 Å². The van der Waals surface area contributed by atoms with Crippen molar-refractivity contribution in [2.75, 3.05) is 20.1 Å². The van der Waals surface area contributed by atoms with Crippen LogP contribution in [0.2, 0.25) is 5.02 Å². The molecule has 0 aromatic heterocycles. The Morgan fingerprint density at radius 2 is 1.44 bits per heavy atom. The summed E-state index contributed by atoms with van der Waals surface area (Å²) in [4.78, 5) is 41.3. The third-order valence-electron chi connectivity index (χ3n) is 8.32. The highest BCUT2D eigenvalue weighted by atomic mass is 35.5. The van der Waals surface area contributed by atoms with Crippen molar-refractivity contribution in [2.24, 2.45) is 5.92 Å². The Bertz CT molecular complexity index is 1310. The van der Waals surface area contributed by atoms with Crippen LogP contribution in [0.3, 0.4) is 0 Å². The van der Waals surface area contributed by atoms with Crippen molar-refractivity contribution in [1.82, 2.24) is 15.1 Å². The molecule has 2 atom stereocenters. The molecule has 1 aliphatic carbocycles. The van der Waals surface area contributed by atoms with Crippen molar-refractivity contribution in [3.63, 3.8) is 0 Å². The maximum atomic E-state index is 13.5. The van der Waals surface area contributed by atoms with Crippen molar-refractivity contribution >= 4 is 29.3 Å². The summed E-state index contributed by atoms with van der Waals surface area (Å²) >= 11 is 6.07. The molecule has 6 nitrogen and oxygen atoms in total. The molecule has 4 rings (SSSR count). The van der Waals surface area contributed by atoms with E-state index >= 15 is 0 Å². The first-order valence-electron chi connectivity index (χ1n) is 13.9. The van der Waals surface area contributed by atoms with E-state index in [0.717, 1.165) is 5.56 Å². The summed E-state index contributed by atoms with van der Waals surface area (Å²) < 4.78 is 80.8. The minimum absolute atomic E-state index is 0.0129. The maximum Gasteiger partial charge on any atom is 0.416 e. The molecule has 13 heteroatoms. The third kappa shape index (κ3) is 7.82. The molecule has 2 aromatic rings. The van der Waals surface area contributed by atoms with E-state index in [-0.39, 0.29) is 49.4 Å². The van der Waals surface area contributed by atoms with Gasteiger partial charge in [0.15, 0.2) is 0 Å². The molecule has 2 aliphatic rings. The van der Waals surface area contributed by atoms with Gasteiger partial charge < -0.3 is 15.1 Å². The third-order valence-corrected chi connectivity index (χ3v) is 8.57. The zero-order valence-electron chi connectivity index (χ0n) is 23.6. The molecule has 3 amide bonds. The molecule has 0 radical (unpaired) electrons. The minimum Gasteiger partial charge on any atom is -0.354 e. The van der Waals surface area contributed by atoms with Gasteiger partial charge in [-0.3, -0.25) is 14.4 Å². The number of carbonyl (C=O) groups excluding carboxylic acids is 3. The SMILES string of the molecule is CC(=O)N[C@H]1CC[C@H](C(=O)N2CCC(N(C)C(=O)c3cc(C(F)(F)F)cc(C(F)(F)F)c3)C(c3ccc(Cl)cc3)C2)CC1. The number of halogens is 7. The summed E-state index contributed by atoms with van der Waals surface area (Å²) in [5, 5.41) is 3.33. The Morgan fingerprint density at radius 1 is 0.884 bits per heavy atom. The Hall–Kier alpha value is -3.28. The lowest BCUT2D eigenvalue weighted by molar-refractivity contribution is -0.143. The van der Waals surface area contributed by atoms with Crippen molar-refractivity contribution in [3.8, 4) is 0 Å². The Morgan fingerprint density at radius 3 is 1.95 bits per heavy atom. The van der Waals surface area contributed by atoms with Crippen LogP contribution in [-0.2, 0) is 21.9 Å². The number of hydrogen-bond acceptors (Lipinski definition) is 3. The number of benzene rings is 2. The van der Waals surface area contributed by atoms with E-state index in [4.69, 9.17) is 11.6 Å². The van der Waals surface area contributed by atoms with Gasteiger partial charge in [-0.15, -0.1) is 0 Å². The summed E-state index contributed by atoms with van der Waals surface area (Å²) in [5.74, 6) is -1.89. The van der Waals surface area contributed by atoms with Crippen LogP contribution in [-0.4, -0.2) is 59.7 Å². The fourth-order valence-electron chi connectivity index (χ4n) is 6.10. The lowest BCUT2D eigenvalue weighted by atomic mass is 9.82. The van der Waals surface area contributed by atoms with Crippen LogP contribution in [0.15, 0.2) is 42.5 Å². The van der Waals surface area contributed by atoms with Gasteiger partial charge >= 0.3 is 12.4 Å². The second-order valence-electron chi connectivity index (χ2n) is 11.3. The molecule has 1 N–H and O–H groups in total. The molecule has 1 saturated carbocycles. The smallest absolute Gasteiger partial charge is 0.354 e. The van der Waals surface area contributed by atoms with E-state index < -0.39 is 46.9 Å². The number of amides is 3. The molecule has 2 fully saturated rings. The zero-order chi connectivity index (χ0) is 31.7. The van der Waals surface area contributed by atoms with Crippen LogP contribution in [0, 0.1) is 5.92 Å². The highest BCUT2D eigenvalue weighted by Crippen LogP contribution is 2.38. The maximum absolute atomic E-state index is 13.5. The first kappa shape index (κ1) is 32.6. The molecular weight excluding hydrogens is 600 g/mol. The van der Waals surface area contributed by atoms with Crippen LogP contribution in [0.4, 0.5) is 26.3 Å². The molecule has 0 spiro atoms. The summed E-state index contributed by atoms with van der Waals surface area (Å²) in [6.45, 7) is 1.90. The molecule has 0 bridgehead atoms. The lowest BCUT2D eigenvalue weighted by Crippen LogP contribution is -2.53. The van der Waals surface area contributed by atoms with Crippen LogP contribution in [0.25, 0.3) is 0 Å². The number of rotatable bonds is 5. The number of hydrogen-bond donors (Lipinski definition) is 1. The van der Waals surface area contributed by atoms with Gasteiger partial charge in [-0.1, -0.05) is 23.7 Å². The standard InChI is InChI=1S/C30H32ClF6N3O3/c1-17(41)38-24-9-5-19(6-10-24)28(43)40-12-11-26(25(16-40)18-3-7-23(31)8-4-18)39(2)27(42)20-13-21(29(32,33)34)15-22(14-20)30(35,36)37/h3-4,7-8,13-15,19,24-26H,5-6,9-12,16H2,1-2H3,(H,38,41)/t19-,24-,25?,26?. The molecule has 1 saturated heterocycles. The normalized spacial score (nSPS) is 23.0. The van der Waals surface area contributed by atoms with E-state index in [1.807, 2.05) is 0 Å². The molecule has 1 aliphatic heterocycles. The van der Waals surface area contributed by atoms with E-state index in [2.05, 4.69) is 5.32 Å². The van der Waals surface area contributed by atoms with Gasteiger partial charge in [-0.05, 0) is 68.0 Å². The quantitative estimate of drug-likeness (QED) is 0.382. The molecule has 234 valence electrons. The first-order valence-corrected chi connectivity index (χ1v) is 14.3. The van der Waals surface area contributed by atoms with E-state index in [1.54, 1.807) is 29.2 Å². The average Bonchev–Trinajstić information content (AvgIpc) is 2.95.